The average molecular weight is 645 g/mol. The van der Waals surface area contributed by atoms with E-state index >= 15 is 0 Å². The quantitative estimate of drug-likeness (QED) is 0.189. The van der Waals surface area contributed by atoms with Gasteiger partial charge in [0.25, 0.3) is 0 Å². The van der Waals surface area contributed by atoms with Crippen LogP contribution in [0.1, 0.15) is 33.4 Å². The van der Waals surface area contributed by atoms with E-state index in [4.69, 9.17) is 4.52 Å². The van der Waals surface area contributed by atoms with Gasteiger partial charge in [0.2, 0.25) is 0 Å². The van der Waals surface area contributed by atoms with Crippen LogP contribution < -0.4 is 21.7 Å². The summed E-state index contributed by atoms with van der Waals surface area (Å²) in [6.45, 7) is 5.62. The molecule has 217 valence electrons. The van der Waals surface area contributed by atoms with Gasteiger partial charge in [0.15, 0.2) is 0 Å². The van der Waals surface area contributed by atoms with Gasteiger partial charge in [-0.3, -0.25) is 0 Å². The van der Waals surface area contributed by atoms with E-state index in [1.165, 1.54) is 60.8 Å². The van der Waals surface area contributed by atoms with Crippen molar-refractivity contribution >= 4 is 104 Å². The standard InChI is InChI=1S/C38H23B7N2P2/c1-3-12-24(13-4-1)38(25-14-5-2-6-15-25)29-17-9-11-23-21-28-33(49(40-43(49)41-49)46-48-44-39-45(44)48)22-27-26-16-7-8-19-31(26)47-32-20-10-18-30(38)36(32)42(34(23)29)35(28)37(27)47/h1-20,22H,21H2/q-1. The molecule has 8 heterocycles. The molecular weight excluding hydrogens is 622 g/mol. The molecule has 6 aromatic carbocycles. The van der Waals surface area contributed by atoms with Gasteiger partial charge in [-0.1, -0.05) is 0 Å². The van der Waals surface area contributed by atoms with Crippen molar-refractivity contribution in [3.8, 4) is 5.69 Å². The zero-order valence-corrected chi connectivity index (χ0v) is 28.5. The monoisotopic (exact) mass is 646 g/mol. The van der Waals surface area contributed by atoms with Gasteiger partial charge >= 0.3 is 291 Å². The first kappa shape index (κ1) is 26.0. The van der Waals surface area contributed by atoms with Gasteiger partial charge in [0, 0.05) is 0 Å². The molecule has 7 aromatic rings. The Morgan fingerprint density at radius 1 is 0.735 bits per heavy atom. The van der Waals surface area contributed by atoms with Crippen molar-refractivity contribution in [3.05, 3.63) is 161 Å². The van der Waals surface area contributed by atoms with Gasteiger partial charge in [0.05, 0.1) is 0 Å². The Labute approximate surface area is 289 Å². The second kappa shape index (κ2) is 8.02. The molecule has 7 aliphatic heterocycles. The molecule has 0 spiro atoms. The Bertz CT molecular complexity index is 2750. The number of hydrogen-bond acceptors (Lipinski definition) is 1. The number of aromatic nitrogens is 1. The SMILES string of the molecule is [B]1B2[B-]P12(N=[P+]1B2[B-]B21)c1cc2c3ccccc3n3c2c2c1Cc1cccc4c1B2c1c-3cccc1C4(c1ccccc1)c1ccccc1. The Hall–Kier alpha value is -3.90. The zero-order chi connectivity index (χ0) is 31.5. The third kappa shape index (κ3) is 2.73. The van der Waals surface area contributed by atoms with Crippen molar-refractivity contribution in [2.24, 2.45) is 4.52 Å². The summed E-state index contributed by atoms with van der Waals surface area (Å²) in [6.07, 6.45) is 0.833. The van der Waals surface area contributed by atoms with Crippen LogP contribution in [0.25, 0.3) is 27.5 Å². The average Bonchev–Trinajstić information content (AvgIpc) is 4.08. The molecule has 0 N–H and O–H groups in total. The molecule has 7 aliphatic rings. The molecule has 11 heteroatoms. The molecule has 0 atom stereocenters. The summed E-state index contributed by atoms with van der Waals surface area (Å²) in [5, 5.41) is 4.42. The maximum atomic E-state index is 5.96. The normalized spacial score (nSPS) is 21.0. The molecule has 0 bridgehead atoms. The van der Waals surface area contributed by atoms with Gasteiger partial charge in [-0.25, -0.2) is 0 Å². The Morgan fingerprint density at radius 2 is 1.41 bits per heavy atom. The molecule has 0 unspecified atom stereocenters. The fraction of sp³-hybridized carbons (Fsp3) is 0.0526. The fourth-order valence-electron chi connectivity index (χ4n) is 11.0. The van der Waals surface area contributed by atoms with Gasteiger partial charge in [-0.05, 0) is 0 Å². The Kier molecular flexibility index (Phi) is 4.25. The number of rotatable bonds is 4. The number of nitrogens with zero attached hydrogens (tertiary/aromatic N) is 2. The van der Waals surface area contributed by atoms with Crippen molar-refractivity contribution in [2.45, 2.75) is 11.8 Å². The number of hydrogen-bond donors (Lipinski definition) is 0. The van der Waals surface area contributed by atoms with Crippen molar-refractivity contribution in [3.63, 3.8) is 0 Å². The van der Waals surface area contributed by atoms with E-state index in [9.17, 15) is 0 Å². The molecular formula is C38H23B7N2P2-. The van der Waals surface area contributed by atoms with E-state index in [2.05, 4.69) is 153 Å². The van der Waals surface area contributed by atoms with Crippen LogP contribution in [-0.2, 0) is 11.8 Å². The summed E-state index contributed by atoms with van der Waals surface area (Å²) >= 11 is 0. The van der Waals surface area contributed by atoms with E-state index in [1.807, 2.05) is 0 Å². The van der Waals surface area contributed by atoms with Crippen LogP contribution in [0.4, 0.5) is 0 Å². The van der Waals surface area contributed by atoms with E-state index in [-0.39, 0.29) is 14.2 Å². The van der Waals surface area contributed by atoms with E-state index in [0.29, 0.717) is 6.21 Å². The topological polar surface area (TPSA) is 17.3 Å². The van der Waals surface area contributed by atoms with Crippen molar-refractivity contribution < 1.29 is 0 Å². The number of benzene rings is 6. The molecule has 49 heavy (non-hydrogen) atoms. The Balaban J connectivity index is 1.19. The van der Waals surface area contributed by atoms with E-state index in [1.54, 1.807) is 21.8 Å². The molecule has 1 aromatic heterocycles. The van der Waals surface area contributed by atoms with Crippen molar-refractivity contribution in [1.82, 2.24) is 4.57 Å². The van der Waals surface area contributed by atoms with Crippen LogP contribution in [0, 0.1) is 0 Å². The molecule has 0 aliphatic carbocycles. The summed E-state index contributed by atoms with van der Waals surface area (Å²) in [4.78, 5) is 0. The molecule has 5 radical (unpaired) electrons. The second-order valence-corrected chi connectivity index (χ2v) is 22.4. The molecule has 4 fully saturated rings. The fourth-order valence-corrected chi connectivity index (χ4v) is 20.4. The summed E-state index contributed by atoms with van der Waals surface area (Å²) in [7, 11) is 2.38. The third-order valence-corrected chi connectivity index (χ3v) is 21.9. The van der Waals surface area contributed by atoms with Gasteiger partial charge in [-0.2, -0.15) is 0 Å². The number of para-hydroxylation sites is 1. The van der Waals surface area contributed by atoms with Gasteiger partial charge in [0.1, 0.15) is 0 Å². The molecule has 2 nitrogen and oxygen atoms in total. The summed E-state index contributed by atoms with van der Waals surface area (Å²) in [5.41, 5.74) is 16.9. The van der Waals surface area contributed by atoms with Crippen LogP contribution in [0.5, 0.6) is 0 Å². The van der Waals surface area contributed by atoms with Gasteiger partial charge in [-0.15, -0.1) is 0 Å². The number of fused-ring (bicyclic) bond motifs is 6. The third-order valence-electron chi connectivity index (χ3n) is 13.4. The van der Waals surface area contributed by atoms with Crippen LogP contribution >= 0.6 is 13.9 Å². The predicted octanol–water partition coefficient (Wildman–Crippen LogP) is 5.01. The summed E-state index contributed by atoms with van der Waals surface area (Å²) in [6, 6.07) is 49.0. The summed E-state index contributed by atoms with van der Waals surface area (Å²) < 4.78 is 8.62. The first-order valence-electron chi connectivity index (χ1n) is 17.8. The van der Waals surface area contributed by atoms with Crippen molar-refractivity contribution in [1.29, 1.82) is 0 Å². The predicted molar refractivity (Wildman–Crippen MR) is 217 cm³/mol. The Morgan fingerprint density at radius 3 is 2.10 bits per heavy atom. The van der Waals surface area contributed by atoms with Crippen LogP contribution in [0.3, 0.4) is 0 Å². The summed E-state index contributed by atoms with van der Waals surface area (Å²) in [5.74, 6) is 0. The van der Waals surface area contributed by atoms with Crippen molar-refractivity contribution in [2.75, 3.05) is 0 Å². The van der Waals surface area contributed by atoms with Crippen LogP contribution in [0.2, 0.25) is 0 Å². The molecule has 0 saturated carbocycles. The minimum absolute atomic E-state index is 0.149. The van der Waals surface area contributed by atoms with Crippen LogP contribution in [0.15, 0.2) is 132 Å². The minimum atomic E-state index is -2.43. The second-order valence-electron chi connectivity index (χ2n) is 15.5. The first-order chi connectivity index (χ1) is 24.2. The van der Waals surface area contributed by atoms with Crippen LogP contribution in [-0.4, -0.2) is 50.8 Å². The maximum absolute atomic E-state index is 5.96. The molecule has 0 amide bonds. The van der Waals surface area contributed by atoms with E-state index in [0.717, 1.165) is 18.8 Å². The van der Waals surface area contributed by atoms with E-state index < -0.39 is 11.8 Å². The molecule has 14 rings (SSSR count). The van der Waals surface area contributed by atoms with Gasteiger partial charge < -0.3 is 0 Å². The zero-order valence-electron chi connectivity index (χ0n) is 26.7. The molecule has 4 saturated heterocycles. The first-order valence-corrected chi connectivity index (χ1v) is 21.6.